The molecule has 0 atom stereocenters. The van der Waals surface area contributed by atoms with Crippen molar-refractivity contribution in [2.24, 2.45) is 5.10 Å². The Labute approximate surface area is 217 Å². The number of nitro groups is 1. The van der Waals surface area contributed by atoms with Crippen LogP contribution < -0.4 is 16.1 Å². The first-order chi connectivity index (χ1) is 18.4. The number of nitrogen functional groups attached to an aromatic ring is 1. The van der Waals surface area contributed by atoms with Crippen molar-refractivity contribution in [2.75, 3.05) is 23.7 Å². The van der Waals surface area contributed by atoms with Gasteiger partial charge in [-0.3, -0.25) is 14.9 Å². The molecule has 0 fully saturated rings. The van der Waals surface area contributed by atoms with Gasteiger partial charge >= 0.3 is 0 Å². The van der Waals surface area contributed by atoms with Gasteiger partial charge in [0.2, 0.25) is 11.6 Å². The summed E-state index contributed by atoms with van der Waals surface area (Å²) in [6, 6.07) is 13.4. The summed E-state index contributed by atoms with van der Waals surface area (Å²) in [7, 11) is 0. The number of carbonyl (C=O) groups is 1. The summed E-state index contributed by atoms with van der Waals surface area (Å²) < 4.78 is 5.81. The minimum Gasteiger partial charge on any atom is -0.378 e. The molecular formula is C24H26N10O4. The van der Waals surface area contributed by atoms with Crippen LogP contribution in [0.15, 0.2) is 58.3 Å². The fraction of sp³-hybridized carbons (Fsp3) is 0.250. The lowest BCUT2D eigenvalue weighted by Crippen LogP contribution is -2.24. The zero-order chi connectivity index (χ0) is 27.1. The lowest BCUT2D eigenvalue weighted by Gasteiger charge is -2.23. The SMILES string of the molecule is CCCN(CCC)c1ccc(/C=N/NC(=O)c2nnn(-c3nonc3N)c2-c2ccc([N+](=O)[O-])cc2)cc1. The summed E-state index contributed by atoms with van der Waals surface area (Å²) in [5.41, 5.74) is 10.5. The number of hydrogen-bond acceptors (Lipinski definition) is 11. The molecule has 0 aliphatic heterocycles. The summed E-state index contributed by atoms with van der Waals surface area (Å²) in [6.45, 7) is 6.25. The molecule has 38 heavy (non-hydrogen) atoms. The van der Waals surface area contributed by atoms with Crippen molar-refractivity contribution in [3.05, 3.63) is 69.9 Å². The van der Waals surface area contributed by atoms with Crippen LogP contribution in [0.5, 0.6) is 0 Å². The van der Waals surface area contributed by atoms with Crippen LogP contribution in [0.25, 0.3) is 17.1 Å². The van der Waals surface area contributed by atoms with Crippen LogP contribution in [-0.4, -0.2) is 55.4 Å². The average molecular weight is 519 g/mol. The van der Waals surface area contributed by atoms with Gasteiger partial charge in [-0.25, -0.2) is 10.1 Å². The van der Waals surface area contributed by atoms with Gasteiger partial charge in [0.25, 0.3) is 11.6 Å². The number of nitrogens with one attached hydrogen (secondary N) is 1. The van der Waals surface area contributed by atoms with Gasteiger partial charge < -0.3 is 10.6 Å². The van der Waals surface area contributed by atoms with Gasteiger partial charge in [-0.15, -0.1) is 5.10 Å². The van der Waals surface area contributed by atoms with E-state index in [-0.39, 0.29) is 28.7 Å². The van der Waals surface area contributed by atoms with Crippen molar-refractivity contribution in [3.8, 4) is 17.1 Å². The quantitative estimate of drug-likeness (QED) is 0.170. The highest BCUT2D eigenvalue weighted by molar-refractivity contribution is 5.98. The van der Waals surface area contributed by atoms with Gasteiger partial charge in [-0.05, 0) is 53.0 Å². The van der Waals surface area contributed by atoms with E-state index in [2.05, 4.69) is 54.5 Å². The maximum atomic E-state index is 13.0. The van der Waals surface area contributed by atoms with E-state index in [1.165, 1.54) is 35.2 Å². The Hall–Kier alpha value is -5.14. The first-order valence-corrected chi connectivity index (χ1v) is 11.9. The Morgan fingerprint density at radius 2 is 1.82 bits per heavy atom. The average Bonchev–Trinajstić information content (AvgIpc) is 3.55. The second-order valence-electron chi connectivity index (χ2n) is 8.25. The van der Waals surface area contributed by atoms with E-state index in [0.717, 1.165) is 37.2 Å². The van der Waals surface area contributed by atoms with Crippen LogP contribution >= 0.6 is 0 Å². The summed E-state index contributed by atoms with van der Waals surface area (Å²) in [5, 5.41) is 30.3. The van der Waals surface area contributed by atoms with Crippen LogP contribution in [0.3, 0.4) is 0 Å². The molecule has 4 aromatic rings. The number of hydrazone groups is 1. The van der Waals surface area contributed by atoms with Crippen molar-refractivity contribution in [2.45, 2.75) is 26.7 Å². The Kier molecular flexibility index (Phi) is 8.01. The molecule has 2 aromatic heterocycles. The topological polar surface area (TPSA) is 183 Å². The van der Waals surface area contributed by atoms with Gasteiger partial charge in [-0.1, -0.05) is 31.2 Å². The van der Waals surface area contributed by atoms with Crippen molar-refractivity contribution in [1.82, 2.24) is 30.7 Å². The number of aromatic nitrogens is 5. The van der Waals surface area contributed by atoms with Crippen molar-refractivity contribution >= 4 is 29.3 Å². The van der Waals surface area contributed by atoms with Gasteiger partial charge in [0.1, 0.15) is 5.69 Å². The van der Waals surface area contributed by atoms with E-state index in [9.17, 15) is 14.9 Å². The van der Waals surface area contributed by atoms with E-state index in [4.69, 9.17) is 5.73 Å². The van der Waals surface area contributed by atoms with E-state index in [0.29, 0.717) is 5.56 Å². The summed E-state index contributed by atoms with van der Waals surface area (Å²) in [4.78, 5) is 25.9. The molecule has 1 amide bonds. The fourth-order valence-corrected chi connectivity index (χ4v) is 3.82. The molecule has 0 spiro atoms. The third kappa shape index (κ3) is 5.64. The van der Waals surface area contributed by atoms with Crippen LogP contribution in [-0.2, 0) is 0 Å². The number of non-ortho nitro benzene ring substituents is 1. The number of anilines is 2. The molecule has 0 aliphatic rings. The van der Waals surface area contributed by atoms with Crippen LogP contribution in [0.1, 0.15) is 42.7 Å². The van der Waals surface area contributed by atoms with Gasteiger partial charge in [0, 0.05) is 36.5 Å². The number of nitrogens with two attached hydrogens (primary N) is 1. The summed E-state index contributed by atoms with van der Waals surface area (Å²) >= 11 is 0. The monoisotopic (exact) mass is 518 g/mol. The van der Waals surface area contributed by atoms with Gasteiger partial charge in [0.05, 0.1) is 11.1 Å². The number of rotatable bonds is 11. The van der Waals surface area contributed by atoms with E-state index < -0.39 is 10.8 Å². The van der Waals surface area contributed by atoms with Crippen molar-refractivity contribution in [1.29, 1.82) is 0 Å². The maximum Gasteiger partial charge on any atom is 0.294 e. The molecular weight excluding hydrogens is 492 g/mol. The Bertz CT molecular complexity index is 1420. The molecule has 3 N–H and O–H groups in total. The molecule has 14 nitrogen and oxygen atoms in total. The van der Waals surface area contributed by atoms with Crippen molar-refractivity contribution < 1.29 is 14.3 Å². The summed E-state index contributed by atoms with van der Waals surface area (Å²) in [6.07, 6.45) is 3.63. The van der Waals surface area contributed by atoms with E-state index >= 15 is 0 Å². The normalized spacial score (nSPS) is 11.1. The maximum absolute atomic E-state index is 13.0. The lowest BCUT2D eigenvalue weighted by atomic mass is 10.1. The highest BCUT2D eigenvalue weighted by Gasteiger charge is 2.25. The molecule has 2 heterocycles. The van der Waals surface area contributed by atoms with E-state index in [1.807, 2.05) is 24.3 Å². The molecule has 0 aliphatic carbocycles. The first-order valence-electron chi connectivity index (χ1n) is 11.9. The highest BCUT2D eigenvalue weighted by Crippen LogP contribution is 2.28. The van der Waals surface area contributed by atoms with E-state index in [1.54, 1.807) is 0 Å². The van der Waals surface area contributed by atoms with Gasteiger partial charge in [-0.2, -0.15) is 9.78 Å². The van der Waals surface area contributed by atoms with Crippen LogP contribution in [0, 0.1) is 10.1 Å². The minimum absolute atomic E-state index is 0.00804. The Morgan fingerprint density at radius 3 is 2.39 bits per heavy atom. The molecule has 196 valence electrons. The molecule has 0 saturated heterocycles. The summed E-state index contributed by atoms with van der Waals surface area (Å²) in [5.74, 6) is -0.735. The Balaban J connectivity index is 1.56. The molecule has 0 unspecified atom stereocenters. The second-order valence-corrected chi connectivity index (χ2v) is 8.25. The predicted octanol–water partition coefficient (Wildman–Crippen LogP) is 3.20. The number of nitrogens with zero attached hydrogens (tertiary/aromatic N) is 8. The minimum atomic E-state index is -0.662. The van der Waals surface area contributed by atoms with Crippen LogP contribution in [0.4, 0.5) is 17.2 Å². The fourth-order valence-electron chi connectivity index (χ4n) is 3.82. The van der Waals surface area contributed by atoms with Gasteiger partial charge in [0.15, 0.2) is 5.69 Å². The smallest absolute Gasteiger partial charge is 0.294 e. The predicted molar refractivity (Wildman–Crippen MR) is 140 cm³/mol. The Morgan fingerprint density at radius 1 is 1.13 bits per heavy atom. The first kappa shape index (κ1) is 25.9. The lowest BCUT2D eigenvalue weighted by molar-refractivity contribution is -0.384. The zero-order valence-corrected chi connectivity index (χ0v) is 20.8. The molecule has 0 radical (unpaired) electrons. The number of benzene rings is 2. The zero-order valence-electron chi connectivity index (χ0n) is 20.8. The highest BCUT2D eigenvalue weighted by atomic mass is 16.6. The number of nitro benzene ring substituents is 1. The number of amides is 1. The standard InChI is InChI=1S/C24H26N10O4/c1-3-13-32(14-4-2)18-9-5-16(6-10-18)15-26-28-24(35)20-21(17-7-11-19(12-8-17)34(36)37)33(31-27-20)23-22(25)29-38-30-23/h5-12,15H,3-4,13-14H2,1-2H3,(H2,25,29)(H,28,35)/b26-15+. The van der Waals surface area contributed by atoms with Crippen LogP contribution in [0.2, 0.25) is 0 Å². The molecule has 14 heteroatoms. The van der Waals surface area contributed by atoms with Crippen molar-refractivity contribution in [3.63, 3.8) is 0 Å². The number of carbonyl (C=O) groups excluding carboxylic acids is 1. The molecule has 0 bridgehead atoms. The largest absolute Gasteiger partial charge is 0.378 e. The third-order valence-corrected chi connectivity index (χ3v) is 5.56. The molecule has 2 aromatic carbocycles. The molecule has 4 rings (SSSR count). The second kappa shape index (κ2) is 11.7. The molecule has 0 saturated carbocycles. The number of hydrogen-bond donors (Lipinski definition) is 2. The third-order valence-electron chi connectivity index (χ3n) is 5.56.